The molecule has 0 aromatic heterocycles. The zero-order valence-corrected chi connectivity index (χ0v) is 15.4. The first-order valence-corrected chi connectivity index (χ1v) is 9.28. The number of amides is 2. The van der Waals surface area contributed by atoms with E-state index in [2.05, 4.69) is 10.6 Å². The normalized spacial score (nSPS) is 19.1. The van der Waals surface area contributed by atoms with E-state index in [1.54, 1.807) is 35.2 Å². The number of nitrogens with zero attached hydrogens (tertiary/aromatic N) is 1. The number of rotatable bonds is 3. The van der Waals surface area contributed by atoms with Crippen molar-refractivity contribution in [3.8, 4) is 0 Å². The largest absolute Gasteiger partial charge is 0.323 e. The highest BCUT2D eigenvalue weighted by Gasteiger charge is 2.35. The number of nitrogens with one attached hydrogen (secondary N) is 2. The highest BCUT2D eigenvalue weighted by molar-refractivity contribution is 6.30. The van der Waals surface area contributed by atoms with Crippen LogP contribution in [0.1, 0.15) is 17.5 Å². The Morgan fingerprint density at radius 3 is 2.78 bits per heavy atom. The van der Waals surface area contributed by atoms with Gasteiger partial charge in [-0.05, 0) is 54.4 Å². The van der Waals surface area contributed by atoms with Gasteiger partial charge < -0.3 is 15.5 Å². The summed E-state index contributed by atoms with van der Waals surface area (Å²) in [5.74, 6) is -1.37. The third-order valence-corrected chi connectivity index (χ3v) is 5.35. The van der Waals surface area contributed by atoms with Crippen LogP contribution >= 0.6 is 11.6 Å². The number of carbonyl (C=O) groups is 2. The minimum Gasteiger partial charge on any atom is -0.323 e. The molecule has 2 aliphatic heterocycles. The van der Waals surface area contributed by atoms with Crippen LogP contribution in [0.2, 0.25) is 5.02 Å². The molecule has 1 unspecified atom stereocenters. The molecule has 2 aromatic carbocycles. The Bertz CT molecular complexity index is 901. The molecule has 2 heterocycles. The Labute approximate surface area is 161 Å². The van der Waals surface area contributed by atoms with Crippen LogP contribution in [0.15, 0.2) is 36.4 Å². The molecule has 2 N–H and O–H groups in total. The zero-order valence-electron chi connectivity index (χ0n) is 14.6. The van der Waals surface area contributed by atoms with E-state index in [1.165, 1.54) is 0 Å². The van der Waals surface area contributed by atoms with Gasteiger partial charge in [-0.2, -0.15) is 0 Å². The number of benzene rings is 2. The van der Waals surface area contributed by atoms with Gasteiger partial charge in [-0.15, -0.1) is 0 Å². The fraction of sp³-hybridized carbons (Fsp3) is 0.300. The van der Waals surface area contributed by atoms with E-state index >= 15 is 0 Å². The van der Waals surface area contributed by atoms with Gasteiger partial charge in [0.25, 0.3) is 0 Å². The average molecular weight is 388 g/mol. The molecular formula is C20H19ClFN3O2. The molecule has 4 rings (SSSR count). The van der Waals surface area contributed by atoms with Crippen molar-refractivity contribution < 1.29 is 14.0 Å². The number of hydrogen-bond acceptors (Lipinski definition) is 3. The monoisotopic (exact) mass is 387 g/mol. The van der Waals surface area contributed by atoms with Crippen LogP contribution in [-0.2, 0) is 22.6 Å². The van der Waals surface area contributed by atoms with Gasteiger partial charge in [-0.25, -0.2) is 4.39 Å². The van der Waals surface area contributed by atoms with Crippen molar-refractivity contribution in [1.29, 1.82) is 0 Å². The molecule has 2 aliphatic rings. The third-order valence-electron chi connectivity index (χ3n) is 5.10. The Morgan fingerprint density at radius 2 is 2.00 bits per heavy atom. The molecule has 2 amide bonds. The van der Waals surface area contributed by atoms with E-state index in [0.29, 0.717) is 35.8 Å². The minimum atomic E-state index is -0.523. The SMILES string of the molecule is O=C(Nc1ccc2c(c1F)CCNC2)C1CC(=O)N(c2ccc(Cl)cc2)C1. The number of anilines is 2. The first-order valence-electron chi connectivity index (χ1n) is 8.90. The van der Waals surface area contributed by atoms with Gasteiger partial charge in [0.2, 0.25) is 11.8 Å². The second-order valence-electron chi connectivity index (χ2n) is 6.86. The topological polar surface area (TPSA) is 61.4 Å². The van der Waals surface area contributed by atoms with Gasteiger partial charge >= 0.3 is 0 Å². The molecular weight excluding hydrogens is 369 g/mol. The number of halogens is 2. The summed E-state index contributed by atoms with van der Waals surface area (Å²) in [5, 5.41) is 6.45. The van der Waals surface area contributed by atoms with Crippen molar-refractivity contribution in [2.45, 2.75) is 19.4 Å². The van der Waals surface area contributed by atoms with E-state index in [4.69, 9.17) is 11.6 Å². The summed E-state index contributed by atoms with van der Waals surface area (Å²) in [4.78, 5) is 26.5. The molecule has 5 nitrogen and oxygen atoms in total. The van der Waals surface area contributed by atoms with Crippen LogP contribution in [0, 0.1) is 11.7 Å². The predicted molar refractivity (Wildman–Crippen MR) is 102 cm³/mol. The van der Waals surface area contributed by atoms with Gasteiger partial charge in [0.05, 0.1) is 11.6 Å². The van der Waals surface area contributed by atoms with Crippen LogP contribution in [0.25, 0.3) is 0 Å². The Kier molecular flexibility index (Phi) is 4.85. The quantitative estimate of drug-likeness (QED) is 0.850. The predicted octanol–water partition coefficient (Wildman–Crippen LogP) is 3.12. The molecule has 1 atom stereocenters. The summed E-state index contributed by atoms with van der Waals surface area (Å²) in [6.07, 6.45) is 0.697. The fourth-order valence-corrected chi connectivity index (χ4v) is 3.74. The van der Waals surface area contributed by atoms with Crippen LogP contribution in [-0.4, -0.2) is 24.9 Å². The number of carbonyl (C=O) groups excluding carboxylic acids is 2. The van der Waals surface area contributed by atoms with Crippen LogP contribution in [0.5, 0.6) is 0 Å². The highest BCUT2D eigenvalue weighted by atomic mass is 35.5. The van der Waals surface area contributed by atoms with Gasteiger partial charge in [-0.1, -0.05) is 17.7 Å². The number of fused-ring (bicyclic) bond motifs is 1. The lowest BCUT2D eigenvalue weighted by molar-refractivity contribution is -0.122. The van der Waals surface area contributed by atoms with Crippen molar-refractivity contribution >= 4 is 34.8 Å². The maximum Gasteiger partial charge on any atom is 0.229 e. The van der Waals surface area contributed by atoms with E-state index in [0.717, 1.165) is 5.56 Å². The molecule has 0 spiro atoms. The molecule has 2 aromatic rings. The summed E-state index contributed by atoms with van der Waals surface area (Å²) in [6, 6.07) is 10.3. The maximum atomic E-state index is 14.7. The summed E-state index contributed by atoms with van der Waals surface area (Å²) in [6.45, 7) is 1.62. The van der Waals surface area contributed by atoms with Crippen molar-refractivity contribution in [1.82, 2.24) is 5.32 Å². The van der Waals surface area contributed by atoms with E-state index < -0.39 is 5.92 Å². The molecule has 1 saturated heterocycles. The van der Waals surface area contributed by atoms with Crippen LogP contribution < -0.4 is 15.5 Å². The van der Waals surface area contributed by atoms with Crippen molar-refractivity contribution in [3.63, 3.8) is 0 Å². The second kappa shape index (κ2) is 7.29. The molecule has 0 bridgehead atoms. The van der Waals surface area contributed by atoms with E-state index in [1.807, 2.05) is 6.07 Å². The lowest BCUT2D eigenvalue weighted by Crippen LogP contribution is -2.29. The third kappa shape index (κ3) is 3.55. The Morgan fingerprint density at radius 1 is 1.22 bits per heavy atom. The van der Waals surface area contributed by atoms with E-state index in [9.17, 15) is 14.0 Å². The van der Waals surface area contributed by atoms with Gasteiger partial charge in [0.1, 0.15) is 5.82 Å². The Balaban J connectivity index is 1.48. The molecule has 140 valence electrons. The van der Waals surface area contributed by atoms with Gasteiger partial charge in [-0.3, -0.25) is 9.59 Å². The second-order valence-corrected chi connectivity index (χ2v) is 7.30. The summed E-state index contributed by atoms with van der Waals surface area (Å²) in [5.41, 5.74) is 2.45. The summed E-state index contributed by atoms with van der Waals surface area (Å²) >= 11 is 5.88. The lowest BCUT2D eigenvalue weighted by Gasteiger charge is -2.20. The van der Waals surface area contributed by atoms with Crippen LogP contribution in [0.4, 0.5) is 15.8 Å². The van der Waals surface area contributed by atoms with Crippen molar-refractivity contribution in [2.24, 2.45) is 5.92 Å². The summed E-state index contributed by atoms with van der Waals surface area (Å²) < 4.78 is 14.7. The number of hydrogen-bond donors (Lipinski definition) is 2. The average Bonchev–Trinajstić information content (AvgIpc) is 3.07. The standard InChI is InChI=1S/C20H19ClFN3O2/c21-14-2-4-15(5-3-14)25-11-13(9-18(25)26)20(27)24-17-6-1-12-10-23-8-7-16(12)19(17)22/h1-6,13,23H,7-11H2,(H,24,27). The zero-order chi connectivity index (χ0) is 19.0. The molecule has 0 radical (unpaired) electrons. The molecule has 27 heavy (non-hydrogen) atoms. The lowest BCUT2D eigenvalue weighted by atomic mass is 9.99. The first-order chi connectivity index (χ1) is 13.0. The molecule has 7 heteroatoms. The van der Waals surface area contributed by atoms with Crippen LogP contribution in [0.3, 0.4) is 0 Å². The van der Waals surface area contributed by atoms with Gasteiger partial charge in [0.15, 0.2) is 0 Å². The smallest absolute Gasteiger partial charge is 0.229 e. The van der Waals surface area contributed by atoms with Gasteiger partial charge in [0, 0.05) is 30.2 Å². The fourth-order valence-electron chi connectivity index (χ4n) is 3.62. The maximum absolute atomic E-state index is 14.7. The van der Waals surface area contributed by atoms with Crippen molar-refractivity contribution in [3.05, 3.63) is 58.4 Å². The molecule has 0 saturated carbocycles. The molecule has 0 aliphatic carbocycles. The molecule has 1 fully saturated rings. The minimum absolute atomic E-state index is 0.102. The first kappa shape index (κ1) is 17.9. The van der Waals surface area contributed by atoms with E-state index in [-0.39, 0.29) is 36.3 Å². The highest BCUT2D eigenvalue weighted by Crippen LogP contribution is 2.29. The summed E-state index contributed by atoms with van der Waals surface area (Å²) in [7, 11) is 0. The van der Waals surface area contributed by atoms with Crippen molar-refractivity contribution in [2.75, 3.05) is 23.3 Å². The Hall–Kier alpha value is -2.44.